The molecule has 1 amide bonds. The summed E-state index contributed by atoms with van der Waals surface area (Å²) < 4.78 is 5.17. The van der Waals surface area contributed by atoms with E-state index >= 15 is 0 Å². The third-order valence-corrected chi connectivity index (χ3v) is 2.43. The number of allylic oxidation sites excluding steroid dienone is 2. The first-order valence-corrected chi connectivity index (χ1v) is 5.75. The number of carbonyl (C=O) groups excluding carboxylic acids is 1. The van der Waals surface area contributed by atoms with E-state index in [4.69, 9.17) is 16.3 Å². The number of ether oxygens (including phenoxy) is 1. The van der Waals surface area contributed by atoms with Gasteiger partial charge in [0.2, 0.25) is 5.91 Å². The second kappa shape index (κ2) is 7.71. The molecule has 0 saturated carbocycles. The van der Waals surface area contributed by atoms with Crippen molar-refractivity contribution in [2.75, 3.05) is 13.0 Å². The van der Waals surface area contributed by atoms with Crippen LogP contribution in [-0.4, -0.2) is 30.0 Å². The molecule has 0 heterocycles. The topological polar surface area (TPSA) is 29.5 Å². The van der Waals surface area contributed by atoms with E-state index in [0.29, 0.717) is 0 Å². The number of rotatable bonds is 6. The molecule has 0 radical (unpaired) electrons. The molecule has 0 aliphatic carbocycles. The summed E-state index contributed by atoms with van der Waals surface area (Å²) in [7, 11) is 1.58. The first-order valence-electron chi connectivity index (χ1n) is 5.22. The minimum atomic E-state index is -0.269. The van der Waals surface area contributed by atoms with E-state index in [-0.39, 0.29) is 18.0 Å². The molecule has 88 valence electrons. The van der Waals surface area contributed by atoms with Crippen molar-refractivity contribution < 1.29 is 9.53 Å². The summed E-state index contributed by atoms with van der Waals surface area (Å²) in [4.78, 5) is 13.3. The van der Waals surface area contributed by atoms with Gasteiger partial charge in [-0.2, -0.15) is 0 Å². The maximum absolute atomic E-state index is 11.7. The van der Waals surface area contributed by atoms with Crippen molar-refractivity contribution in [3.8, 4) is 0 Å². The summed E-state index contributed by atoms with van der Waals surface area (Å²) in [6, 6.07) is 0. The SMILES string of the molecule is CC/C=C(\CC)N(C(=O)CCl)C(C)OC. The highest BCUT2D eigenvalue weighted by Crippen LogP contribution is 2.15. The van der Waals surface area contributed by atoms with Gasteiger partial charge in [0, 0.05) is 12.8 Å². The van der Waals surface area contributed by atoms with Crippen LogP contribution in [0.2, 0.25) is 0 Å². The van der Waals surface area contributed by atoms with Crippen LogP contribution in [0.25, 0.3) is 0 Å². The molecule has 0 bridgehead atoms. The van der Waals surface area contributed by atoms with Gasteiger partial charge in [0.25, 0.3) is 0 Å². The predicted molar refractivity (Wildman–Crippen MR) is 62.7 cm³/mol. The number of hydrogen-bond acceptors (Lipinski definition) is 2. The molecule has 0 aliphatic rings. The zero-order valence-electron chi connectivity index (χ0n) is 9.92. The number of amides is 1. The number of hydrogen-bond donors (Lipinski definition) is 0. The number of halogens is 1. The van der Waals surface area contributed by atoms with E-state index in [9.17, 15) is 4.79 Å². The van der Waals surface area contributed by atoms with Crippen molar-refractivity contribution in [3.63, 3.8) is 0 Å². The summed E-state index contributed by atoms with van der Waals surface area (Å²) in [5, 5.41) is 0. The monoisotopic (exact) mass is 233 g/mol. The van der Waals surface area contributed by atoms with E-state index in [2.05, 4.69) is 0 Å². The van der Waals surface area contributed by atoms with Crippen LogP contribution in [0.15, 0.2) is 11.8 Å². The molecule has 0 aliphatic heterocycles. The van der Waals surface area contributed by atoms with Crippen molar-refractivity contribution in [2.45, 2.75) is 39.8 Å². The Hall–Kier alpha value is -0.540. The molecule has 0 N–H and O–H groups in total. The van der Waals surface area contributed by atoms with E-state index in [1.165, 1.54) is 0 Å². The lowest BCUT2D eigenvalue weighted by Gasteiger charge is -2.29. The Morgan fingerprint density at radius 1 is 1.53 bits per heavy atom. The minimum Gasteiger partial charge on any atom is -0.361 e. The Morgan fingerprint density at radius 3 is 2.47 bits per heavy atom. The Balaban J connectivity index is 4.90. The predicted octanol–water partition coefficient (Wildman–Crippen LogP) is 2.75. The average Bonchev–Trinajstić information content (AvgIpc) is 2.27. The lowest BCUT2D eigenvalue weighted by Crippen LogP contribution is -2.39. The Kier molecular flexibility index (Phi) is 7.44. The highest BCUT2D eigenvalue weighted by Gasteiger charge is 2.21. The summed E-state index contributed by atoms with van der Waals surface area (Å²) in [6.45, 7) is 5.89. The Morgan fingerprint density at radius 2 is 2.13 bits per heavy atom. The first-order chi connectivity index (χ1) is 7.12. The molecule has 0 aromatic heterocycles. The minimum absolute atomic E-state index is 0.0191. The molecule has 0 saturated heterocycles. The molecule has 0 aromatic carbocycles. The van der Waals surface area contributed by atoms with Gasteiger partial charge < -0.3 is 4.74 Å². The standard InChI is InChI=1S/C11H20ClNO2/c1-5-7-10(6-2)13(9(3)15-4)11(14)8-12/h7,9H,5-6,8H2,1-4H3/b10-7+. The molecule has 0 aromatic rings. The largest absolute Gasteiger partial charge is 0.361 e. The van der Waals surface area contributed by atoms with Crippen molar-refractivity contribution in [3.05, 3.63) is 11.8 Å². The number of nitrogens with zero attached hydrogens (tertiary/aromatic N) is 1. The van der Waals surface area contributed by atoms with Gasteiger partial charge in [0.05, 0.1) is 0 Å². The third-order valence-electron chi connectivity index (χ3n) is 2.20. The molecule has 3 nitrogen and oxygen atoms in total. The van der Waals surface area contributed by atoms with Crippen LogP contribution in [0.5, 0.6) is 0 Å². The summed E-state index contributed by atoms with van der Waals surface area (Å²) in [5.41, 5.74) is 0.970. The van der Waals surface area contributed by atoms with Crippen LogP contribution in [0.1, 0.15) is 33.6 Å². The van der Waals surface area contributed by atoms with Gasteiger partial charge in [-0.1, -0.05) is 19.9 Å². The zero-order valence-corrected chi connectivity index (χ0v) is 10.7. The molecule has 1 atom stereocenters. The summed E-state index contributed by atoms with van der Waals surface area (Å²) >= 11 is 5.58. The van der Waals surface area contributed by atoms with Gasteiger partial charge in [-0.15, -0.1) is 11.6 Å². The Bertz CT molecular complexity index is 229. The molecular weight excluding hydrogens is 214 g/mol. The average molecular weight is 234 g/mol. The van der Waals surface area contributed by atoms with E-state index in [1.54, 1.807) is 12.0 Å². The Labute approximate surface area is 97.0 Å². The molecule has 4 heteroatoms. The fourth-order valence-electron chi connectivity index (χ4n) is 1.41. The van der Waals surface area contributed by atoms with Crippen LogP contribution >= 0.6 is 11.6 Å². The highest BCUT2D eigenvalue weighted by atomic mass is 35.5. The van der Waals surface area contributed by atoms with Crippen LogP contribution in [0.3, 0.4) is 0 Å². The van der Waals surface area contributed by atoms with Crippen molar-refractivity contribution in [1.29, 1.82) is 0 Å². The maximum Gasteiger partial charge on any atom is 0.243 e. The van der Waals surface area contributed by atoms with Gasteiger partial charge in [0.15, 0.2) is 0 Å². The summed E-state index contributed by atoms with van der Waals surface area (Å²) in [5.74, 6) is -0.137. The van der Waals surface area contributed by atoms with Gasteiger partial charge in [0.1, 0.15) is 12.1 Å². The third kappa shape index (κ3) is 4.22. The molecule has 0 spiro atoms. The van der Waals surface area contributed by atoms with Gasteiger partial charge in [-0.25, -0.2) is 0 Å². The van der Waals surface area contributed by atoms with E-state index in [0.717, 1.165) is 18.5 Å². The van der Waals surface area contributed by atoms with E-state index < -0.39 is 0 Å². The van der Waals surface area contributed by atoms with Crippen molar-refractivity contribution in [1.82, 2.24) is 4.90 Å². The lowest BCUT2D eigenvalue weighted by atomic mass is 10.2. The molecule has 15 heavy (non-hydrogen) atoms. The van der Waals surface area contributed by atoms with E-state index in [1.807, 2.05) is 26.8 Å². The first kappa shape index (κ1) is 14.5. The molecular formula is C11H20ClNO2. The van der Waals surface area contributed by atoms with Crippen LogP contribution in [0.4, 0.5) is 0 Å². The number of alkyl halides is 1. The van der Waals surface area contributed by atoms with Gasteiger partial charge in [-0.3, -0.25) is 9.69 Å². The molecule has 0 rings (SSSR count). The van der Waals surface area contributed by atoms with Crippen LogP contribution in [0, 0.1) is 0 Å². The van der Waals surface area contributed by atoms with Crippen molar-refractivity contribution in [2.24, 2.45) is 0 Å². The normalized spacial score (nSPS) is 13.8. The molecule has 1 unspecified atom stereocenters. The van der Waals surface area contributed by atoms with Crippen molar-refractivity contribution >= 4 is 17.5 Å². The number of carbonyl (C=O) groups is 1. The summed E-state index contributed by atoms with van der Waals surface area (Å²) in [6.07, 6.45) is 3.45. The quantitative estimate of drug-likeness (QED) is 0.522. The fraction of sp³-hybridized carbons (Fsp3) is 0.727. The van der Waals surface area contributed by atoms with Gasteiger partial charge >= 0.3 is 0 Å². The van der Waals surface area contributed by atoms with Crippen LogP contribution in [-0.2, 0) is 9.53 Å². The highest BCUT2D eigenvalue weighted by molar-refractivity contribution is 6.27. The van der Waals surface area contributed by atoms with Crippen LogP contribution < -0.4 is 0 Å². The smallest absolute Gasteiger partial charge is 0.243 e. The molecule has 0 fully saturated rings. The maximum atomic E-state index is 11.7. The number of methoxy groups -OCH3 is 1. The second-order valence-electron chi connectivity index (χ2n) is 3.19. The second-order valence-corrected chi connectivity index (χ2v) is 3.46. The van der Waals surface area contributed by atoms with Gasteiger partial charge in [-0.05, 0) is 19.8 Å². The zero-order chi connectivity index (χ0) is 11.8. The fourth-order valence-corrected chi connectivity index (χ4v) is 1.54. The lowest BCUT2D eigenvalue weighted by molar-refractivity contribution is -0.136.